The van der Waals surface area contributed by atoms with Crippen molar-refractivity contribution < 1.29 is 14.3 Å². The highest BCUT2D eigenvalue weighted by atomic mass is 35.5. The molecule has 3 rings (SSSR count). The minimum absolute atomic E-state index is 0.0474. The van der Waals surface area contributed by atoms with Gasteiger partial charge in [-0.1, -0.05) is 0 Å². The normalized spacial score (nSPS) is 23.7. The van der Waals surface area contributed by atoms with E-state index in [1.54, 1.807) is 7.11 Å². The van der Waals surface area contributed by atoms with Crippen LogP contribution in [0.15, 0.2) is 0 Å². The van der Waals surface area contributed by atoms with Crippen LogP contribution in [-0.4, -0.2) is 76.7 Å². The Morgan fingerprint density at radius 3 is 2.96 bits per heavy atom. The maximum atomic E-state index is 12.9. The Labute approximate surface area is 151 Å². The number of piperidine rings is 1. The van der Waals surface area contributed by atoms with Gasteiger partial charge in [-0.15, -0.1) is 5.10 Å². The van der Waals surface area contributed by atoms with Gasteiger partial charge in [0.1, 0.15) is 5.82 Å². The quantitative estimate of drug-likeness (QED) is 0.803. The Kier molecular flexibility index (Phi) is 5.58. The van der Waals surface area contributed by atoms with Crippen LogP contribution in [0.2, 0.25) is 5.28 Å². The second-order valence-corrected chi connectivity index (χ2v) is 7.12. The number of nitrogens with zero attached hydrogens (tertiary/aromatic N) is 4. The number of likely N-dealkylation sites (tertiary alicyclic amines) is 2. The summed E-state index contributed by atoms with van der Waals surface area (Å²) in [6, 6.07) is 0. The van der Waals surface area contributed by atoms with Crippen LogP contribution in [0.25, 0.3) is 0 Å². The first kappa shape index (κ1) is 18.1. The maximum Gasteiger partial charge on any atom is 0.242 e. The van der Waals surface area contributed by atoms with Crippen molar-refractivity contribution in [2.45, 2.75) is 32.1 Å². The number of hydrogen-bond acceptors (Lipinski definition) is 5. The Morgan fingerprint density at radius 2 is 2.24 bits per heavy atom. The van der Waals surface area contributed by atoms with E-state index in [1.807, 2.05) is 9.80 Å². The van der Waals surface area contributed by atoms with E-state index in [4.69, 9.17) is 16.3 Å². The first-order valence-electron chi connectivity index (χ1n) is 8.67. The SMILES string of the molecule is COCCN1CCC[C@@]2(CCN(C(=O)CCc3nc(Cl)n[nH]3)C2)C1=O. The number of methoxy groups -OCH3 is 1. The summed E-state index contributed by atoms with van der Waals surface area (Å²) in [5, 5.41) is 6.61. The van der Waals surface area contributed by atoms with Crippen molar-refractivity contribution in [1.29, 1.82) is 0 Å². The van der Waals surface area contributed by atoms with Gasteiger partial charge >= 0.3 is 0 Å². The predicted octanol–water partition coefficient (Wildman–Crippen LogP) is 0.878. The molecule has 2 fully saturated rings. The molecule has 1 aromatic heterocycles. The molecule has 2 saturated heterocycles. The minimum atomic E-state index is -0.406. The second kappa shape index (κ2) is 7.70. The van der Waals surface area contributed by atoms with Gasteiger partial charge < -0.3 is 14.5 Å². The molecule has 138 valence electrons. The number of carbonyl (C=O) groups is 2. The largest absolute Gasteiger partial charge is 0.383 e. The fourth-order valence-corrected chi connectivity index (χ4v) is 3.94. The Balaban J connectivity index is 1.56. The number of amides is 2. The summed E-state index contributed by atoms with van der Waals surface area (Å²) in [4.78, 5) is 33.1. The number of nitrogens with one attached hydrogen (secondary N) is 1. The topological polar surface area (TPSA) is 91.4 Å². The molecule has 2 aliphatic heterocycles. The van der Waals surface area contributed by atoms with E-state index in [0.717, 1.165) is 25.8 Å². The van der Waals surface area contributed by atoms with Crippen LogP contribution in [0.1, 0.15) is 31.5 Å². The lowest BCUT2D eigenvalue weighted by molar-refractivity contribution is -0.146. The van der Waals surface area contributed by atoms with Crippen LogP contribution in [0.3, 0.4) is 0 Å². The van der Waals surface area contributed by atoms with Gasteiger partial charge in [-0.25, -0.2) is 4.98 Å². The fraction of sp³-hybridized carbons (Fsp3) is 0.750. The lowest BCUT2D eigenvalue weighted by Crippen LogP contribution is -2.51. The van der Waals surface area contributed by atoms with E-state index in [1.165, 1.54) is 0 Å². The van der Waals surface area contributed by atoms with Crippen molar-refractivity contribution in [3.8, 4) is 0 Å². The highest BCUT2D eigenvalue weighted by Gasteiger charge is 2.49. The molecule has 2 amide bonds. The van der Waals surface area contributed by atoms with Gasteiger partial charge in [0.2, 0.25) is 17.1 Å². The molecule has 0 aliphatic carbocycles. The Bertz CT molecular complexity index is 637. The third-order valence-electron chi connectivity index (χ3n) is 5.18. The molecule has 3 heterocycles. The van der Waals surface area contributed by atoms with Gasteiger partial charge in [0, 0.05) is 46.1 Å². The first-order valence-corrected chi connectivity index (χ1v) is 9.05. The molecule has 1 aromatic rings. The zero-order valence-electron chi connectivity index (χ0n) is 14.5. The van der Waals surface area contributed by atoms with E-state index in [0.29, 0.717) is 44.9 Å². The number of hydrogen-bond donors (Lipinski definition) is 1. The van der Waals surface area contributed by atoms with Crippen LogP contribution in [0.4, 0.5) is 0 Å². The summed E-state index contributed by atoms with van der Waals surface area (Å²) in [6.45, 7) is 3.11. The van der Waals surface area contributed by atoms with Crippen LogP contribution >= 0.6 is 11.6 Å². The molecule has 25 heavy (non-hydrogen) atoms. The lowest BCUT2D eigenvalue weighted by atomic mass is 9.78. The van der Waals surface area contributed by atoms with Crippen molar-refractivity contribution in [3.05, 3.63) is 11.1 Å². The summed E-state index contributed by atoms with van der Waals surface area (Å²) < 4.78 is 5.10. The highest BCUT2D eigenvalue weighted by molar-refractivity contribution is 6.28. The molecule has 0 aromatic carbocycles. The van der Waals surface area contributed by atoms with Crippen molar-refractivity contribution in [2.24, 2.45) is 5.41 Å². The summed E-state index contributed by atoms with van der Waals surface area (Å²) >= 11 is 5.67. The van der Waals surface area contributed by atoms with Crippen molar-refractivity contribution >= 4 is 23.4 Å². The van der Waals surface area contributed by atoms with Crippen molar-refractivity contribution in [2.75, 3.05) is 39.9 Å². The molecule has 9 heteroatoms. The van der Waals surface area contributed by atoms with Gasteiger partial charge in [-0.2, -0.15) is 0 Å². The highest BCUT2D eigenvalue weighted by Crippen LogP contribution is 2.40. The molecule has 1 atom stereocenters. The molecule has 8 nitrogen and oxygen atoms in total. The zero-order valence-corrected chi connectivity index (χ0v) is 15.2. The number of halogens is 1. The molecule has 0 radical (unpaired) electrons. The van der Waals surface area contributed by atoms with Gasteiger partial charge in [0.25, 0.3) is 0 Å². The van der Waals surface area contributed by atoms with Gasteiger partial charge in [-0.05, 0) is 30.9 Å². The van der Waals surface area contributed by atoms with E-state index >= 15 is 0 Å². The monoisotopic (exact) mass is 369 g/mol. The molecule has 1 N–H and O–H groups in total. The third-order valence-corrected chi connectivity index (χ3v) is 5.35. The Morgan fingerprint density at radius 1 is 1.40 bits per heavy atom. The van der Waals surface area contributed by atoms with Crippen LogP contribution in [-0.2, 0) is 20.7 Å². The molecular formula is C16H24ClN5O3. The number of rotatable bonds is 6. The molecule has 0 unspecified atom stereocenters. The van der Waals surface area contributed by atoms with Gasteiger partial charge in [0.15, 0.2) is 0 Å². The zero-order chi connectivity index (χ0) is 17.9. The number of carbonyl (C=O) groups excluding carboxylic acids is 2. The lowest BCUT2D eigenvalue weighted by Gasteiger charge is -2.39. The molecule has 1 spiro atoms. The molecule has 2 aliphatic rings. The first-order chi connectivity index (χ1) is 12.0. The maximum absolute atomic E-state index is 12.9. The number of aromatic nitrogens is 3. The molecule has 0 bridgehead atoms. The number of H-pyrrole nitrogens is 1. The molecule has 0 saturated carbocycles. The van der Waals surface area contributed by atoms with Crippen LogP contribution < -0.4 is 0 Å². The average Bonchev–Trinajstić information content (AvgIpc) is 3.21. The standard InChI is InChI=1S/C16H24ClN5O3/c1-25-10-9-21-7-2-5-16(14(21)24)6-8-22(11-16)13(23)4-3-12-18-15(17)20-19-12/h2-11H2,1H3,(H,18,19,20)/t16-/m0/s1. The van der Waals surface area contributed by atoms with E-state index < -0.39 is 5.41 Å². The average molecular weight is 370 g/mol. The van der Waals surface area contributed by atoms with Crippen LogP contribution in [0.5, 0.6) is 0 Å². The third kappa shape index (κ3) is 3.95. The summed E-state index contributed by atoms with van der Waals surface area (Å²) in [7, 11) is 1.64. The summed E-state index contributed by atoms with van der Waals surface area (Å²) in [6.07, 6.45) is 3.39. The fourth-order valence-electron chi connectivity index (χ4n) is 3.80. The Hall–Kier alpha value is -1.67. The van der Waals surface area contributed by atoms with Crippen molar-refractivity contribution in [1.82, 2.24) is 25.0 Å². The van der Waals surface area contributed by atoms with Crippen molar-refractivity contribution in [3.63, 3.8) is 0 Å². The van der Waals surface area contributed by atoms with Crippen LogP contribution in [0, 0.1) is 5.41 Å². The number of ether oxygens (including phenoxy) is 1. The van der Waals surface area contributed by atoms with E-state index in [9.17, 15) is 9.59 Å². The summed E-state index contributed by atoms with van der Waals surface area (Å²) in [5.74, 6) is 0.825. The minimum Gasteiger partial charge on any atom is -0.383 e. The smallest absolute Gasteiger partial charge is 0.242 e. The number of aromatic amines is 1. The second-order valence-electron chi connectivity index (χ2n) is 6.79. The molecular weight excluding hydrogens is 346 g/mol. The summed E-state index contributed by atoms with van der Waals surface area (Å²) in [5.41, 5.74) is -0.406. The predicted molar refractivity (Wildman–Crippen MR) is 91.0 cm³/mol. The van der Waals surface area contributed by atoms with E-state index in [-0.39, 0.29) is 17.1 Å². The van der Waals surface area contributed by atoms with Gasteiger partial charge in [0.05, 0.1) is 12.0 Å². The van der Waals surface area contributed by atoms with Gasteiger partial charge in [-0.3, -0.25) is 14.7 Å². The van der Waals surface area contributed by atoms with E-state index in [2.05, 4.69) is 15.2 Å². The number of aryl methyl sites for hydroxylation is 1.